The van der Waals surface area contributed by atoms with Gasteiger partial charge >= 0.3 is 0 Å². The van der Waals surface area contributed by atoms with E-state index in [1.165, 1.54) is 31.5 Å². The van der Waals surface area contributed by atoms with Crippen molar-refractivity contribution >= 4 is 22.9 Å². The summed E-state index contributed by atoms with van der Waals surface area (Å²) in [7, 11) is 0. The molecule has 0 bridgehead atoms. The summed E-state index contributed by atoms with van der Waals surface area (Å²) in [5.74, 6) is 0. The van der Waals surface area contributed by atoms with Crippen molar-refractivity contribution in [2.45, 2.75) is 33.1 Å². The summed E-state index contributed by atoms with van der Waals surface area (Å²) in [6, 6.07) is 8.32. The molecule has 0 saturated carbocycles. The summed E-state index contributed by atoms with van der Waals surface area (Å²) < 4.78 is 0. The second-order valence-electron chi connectivity index (χ2n) is 5.29. The van der Waals surface area contributed by atoms with Gasteiger partial charge in [-0.05, 0) is 48.9 Å². The van der Waals surface area contributed by atoms with Gasteiger partial charge in [0.15, 0.2) is 0 Å². The van der Waals surface area contributed by atoms with Crippen molar-refractivity contribution in [2.75, 3.05) is 18.0 Å². The van der Waals surface area contributed by atoms with Gasteiger partial charge in [0.25, 0.3) is 0 Å². The zero-order chi connectivity index (χ0) is 13.2. The molecule has 0 atom stereocenters. The largest absolute Gasteiger partial charge is 0.389 e. The normalized spacial score (nSPS) is 18.0. The highest BCUT2D eigenvalue weighted by molar-refractivity contribution is 7.80. The van der Waals surface area contributed by atoms with Crippen LogP contribution in [0, 0.1) is 5.41 Å². The number of thiocarbonyl (C=S) groups is 1. The van der Waals surface area contributed by atoms with Gasteiger partial charge < -0.3 is 10.6 Å². The fourth-order valence-electron chi connectivity index (χ4n) is 2.82. The van der Waals surface area contributed by atoms with Gasteiger partial charge in [0.2, 0.25) is 0 Å². The Morgan fingerprint density at radius 2 is 1.89 bits per heavy atom. The molecule has 0 radical (unpaired) electrons. The van der Waals surface area contributed by atoms with Crippen molar-refractivity contribution in [3.63, 3.8) is 0 Å². The van der Waals surface area contributed by atoms with E-state index in [-0.39, 0.29) is 0 Å². The number of hydrogen-bond donors (Lipinski definition) is 1. The molecule has 1 heterocycles. The lowest BCUT2D eigenvalue weighted by Crippen LogP contribution is -2.26. The summed E-state index contributed by atoms with van der Waals surface area (Å²) in [6.07, 6.45) is 3.84. The molecule has 0 spiro atoms. The number of rotatable bonds is 4. The van der Waals surface area contributed by atoms with Crippen LogP contribution >= 0.6 is 12.2 Å². The Kier molecular flexibility index (Phi) is 3.91. The summed E-state index contributed by atoms with van der Waals surface area (Å²) in [4.78, 5) is 2.95. The molecule has 1 aliphatic heterocycles. The van der Waals surface area contributed by atoms with E-state index in [1.54, 1.807) is 0 Å². The van der Waals surface area contributed by atoms with Gasteiger partial charge in [0.05, 0.1) is 0 Å². The van der Waals surface area contributed by atoms with Crippen molar-refractivity contribution in [1.82, 2.24) is 0 Å². The number of anilines is 1. The van der Waals surface area contributed by atoms with E-state index < -0.39 is 0 Å². The first-order valence-corrected chi connectivity index (χ1v) is 7.16. The Balaban J connectivity index is 2.12. The lowest BCUT2D eigenvalue weighted by atomic mass is 9.82. The lowest BCUT2D eigenvalue weighted by Gasteiger charge is -2.27. The van der Waals surface area contributed by atoms with Gasteiger partial charge in [-0.3, -0.25) is 0 Å². The maximum Gasteiger partial charge on any atom is 0.103 e. The first-order chi connectivity index (χ1) is 8.60. The van der Waals surface area contributed by atoms with Crippen LogP contribution in [-0.2, 0) is 0 Å². The summed E-state index contributed by atoms with van der Waals surface area (Å²) in [5, 5.41) is 0. The highest BCUT2D eigenvalue weighted by Crippen LogP contribution is 2.38. The van der Waals surface area contributed by atoms with Crippen LogP contribution in [0.4, 0.5) is 5.69 Å². The van der Waals surface area contributed by atoms with E-state index in [0.29, 0.717) is 10.4 Å². The van der Waals surface area contributed by atoms with Gasteiger partial charge in [-0.25, -0.2) is 0 Å². The van der Waals surface area contributed by atoms with E-state index >= 15 is 0 Å². The molecule has 98 valence electrons. The highest BCUT2D eigenvalue weighted by atomic mass is 32.1. The molecule has 1 aromatic rings. The Morgan fingerprint density at radius 1 is 1.28 bits per heavy atom. The smallest absolute Gasteiger partial charge is 0.103 e. The predicted molar refractivity (Wildman–Crippen MR) is 82.2 cm³/mol. The molecule has 3 heteroatoms. The van der Waals surface area contributed by atoms with Gasteiger partial charge in [0.1, 0.15) is 4.99 Å². The van der Waals surface area contributed by atoms with Gasteiger partial charge in [-0.1, -0.05) is 26.1 Å². The zero-order valence-electron chi connectivity index (χ0n) is 11.3. The molecule has 0 aliphatic carbocycles. The number of nitrogens with two attached hydrogens (primary N) is 1. The average Bonchev–Trinajstić information content (AvgIpc) is 2.84. The number of hydrogen-bond acceptors (Lipinski definition) is 2. The maximum absolute atomic E-state index is 5.62. The molecule has 1 aliphatic rings. The van der Waals surface area contributed by atoms with E-state index in [1.807, 2.05) is 12.1 Å². The monoisotopic (exact) mass is 262 g/mol. The van der Waals surface area contributed by atoms with Gasteiger partial charge in [-0.15, -0.1) is 0 Å². The quantitative estimate of drug-likeness (QED) is 0.844. The molecular weight excluding hydrogens is 240 g/mol. The van der Waals surface area contributed by atoms with E-state index in [4.69, 9.17) is 18.0 Å². The zero-order valence-corrected chi connectivity index (χ0v) is 12.1. The van der Waals surface area contributed by atoms with Crippen molar-refractivity contribution in [2.24, 2.45) is 11.1 Å². The SMILES string of the molecule is CCC1(CC)CCN(c2ccc(C(N)=S)cc2)C1. The molecule has 2 N–H and O–H groups in total. The topological polar surface area (TPSA) is 29.3 Å². The van der Waals surface area contributed by atoms with Crippen molar-refractivity contribution in [3.05, 3.63) is 29.8 Å². The van der Waals surface area contributed by atoms with E-state index in [0.717, 1.165) is 12.1 Å². The van der Waals surface area contributed by atoms with Crippen LogP contribution < -0.4 is 10.6 Å². The van der Waals surface area contributed by atoms with Crippen LogP contribution in [0.5, 0.6) is 0 Å². The molecule has 0 amide bonds. The Morgan fingerprint density at radius 3 is 2.33 bits per heavy atom. The van der Waals surface area contributed by atoms with Crippen LogP contribution in [0.3, 0.4) is 0 Å². The van der Waals surface area contributed by atoms with E-state index in [9.17, 15) is 0 Å². The number of nitrogens with zero attached hydrogens (tertiary/aromatic N) is 1. The predicted octanol–water partition coefficient (Wildman–Crippen LogP) is 3.34. The van der Waals surface area contributed by atoms with Gasteiger partial charge in [-0.2, -0.15) is 0 Å². The Labute approximate surface area is 115 Å². The molecule has 18 heavy (non-hydrogen) atoms. The minimum absolute atomic E-state index is 0.472. The third-order valence-electron chi connectivity index (χ3n) is 4.46. The fraction of sp³-hybridized carbons (Fsp3) is 0.533. The van der Waals surface area contributed by atoms with Crippen LogP contribution in [0.2, 0.25) is 0 Å². The van der Waals surface area contributed by atoms with Crippen LogP contribution in [0.15, 0.2) is 24.3 Å². The summed E-state index contributed by atoms with van der Waals surface area (Å²) >= 11 is 4.98. The highest BCUT2D eigenvalue weighted by Gasteiger charge is 2.34. The molecule has 1 aromatic carbocycles. The maximum atomic E-state index is 5.62. The molecule has 2 nitrogen and oxygen atoms in total. The molecule has 1 fully saturated rings. The standard InChI is InChI=1S/C15H22N2S/c1-3-15(4-2)9-10-17(11-15)13-7-5-12(6-8-13)14(16)18/h5-8H,3-4,9-11H2,1-2H3,(H2,16,18). The second kappa shape index (κ2) is 5.27. The molecule has 2 rings (SSSR count). The fourth-order valence-corrected chi connectivity index (χ4v) is 2.96. The average molecular weight is 262 g/mol. The third kappa shape index (κ3) is 2.51. The minimum Gasteiger partial charge on any atom is -0.389 e. The van der Waals surface area contributed by atoms with Crippen molar-refractivity contribution < 1.29 is 0 Å². The van der Waals surface area contributed by atoms with E-state index in [2.05, 4.69) is 30.9 Å². The second-order valence-corrected chi connectivity index (χ2v) is 5.73. The van der Waals surface area contributed by atoms with Crippen molar-refractivity contribution in [3.8, 4) is 0 Å². The lowest BCUT2D eigenvalue weighted by molar-refractivity contribution is 0.301. The Bertz CT molecular complexity index is 421. The van der Waals surface area contributed by atoms with Crippen molar-refractivity contribution in [1.29, 1.82) is 0 Å². The molecule has 1 saturated heterocycles. The molecule has 0 unspecified atom stereocenters. The first kappa shape index (κ1) is 13.3. The van der Waals surface area contributed by atoms with Gasteiger partial charge in [0, 0.05) is 24.3 Å². The molecular formula is C15H22N2S. The van der Waals surface area contributed by atoms with Crippen LogP contribution in [0.25, 0.3) is 0 Å². The first-order valence-electron chi connectivity index (χ1n) is 6.75. The summed E-state index contributed by atoms with van der Waals surface area (Å²) in [5.41, 5.74) is 8.38. The number of benzene rings is 1. The van der Waals surface area contributed by atoms with Crippen LogP contribution in [-0.4, -0.2) is 18.1 Å². The minimum atomic E-state index is 0.472. The summed E-state index contributed by atoms with van der Waals surface area (Å²) in [6.45, 7) is 6.95. The van der Waals surface area contributed by atoms with Crippen LogP contribution in [0.1, 0.15) is 38.7 Å². The molecule has 0 aromatic heterocycles. The third-order valence-corrected chi connectivity index (χ3v) is 4.69. The Hall–Kier alpha value is -1.09.